The summed E-state index contributed by atoms with van der Waals surface area (Å²) in [7, 11) is 1.20. The third-order valence-corrected chi connectivity index (χ3v) is 8.06. The number of aryl methyl sites for hydroxylation is 1. The normalized spacial score (nSPS) is 18.2. The van der Waals surface area contributed by atoms with Crippen molar-refractivity contribution in [2.45, 2.75) is 18.9 Å². The highest BCUT2D eigenvalue weighted by atomic mass is 32.2. The number of aromatic nitrogens is 5. The number of fused-ring (bicyclic) bond motifs is 2. The Labute approximate surface area is 185 Å². The van der Waals surface area contributed by atoms with Gasteiger partial charge in [-0.25, -0.2) is 14.3 Å². The van der Waals surface area contributed by atoms with Crippen LogP contribution in [0.25, 0.3) is 27.9 Å². The number of imidazole rings is 1. The summed E-state index contributed by atoms with van der Waals surface area (Å²) >= 11 is 0. The van der Waals surface area contributed by atoms with Crippen molar-refractivity contribution in [3.8, 4) is 11.3 Å². The standard InChI is InChI=1S/C21H25N7O3S/c1-24(2)32(30,31)26-11-6-7-15(14-26)28-20-19(25(3)21(28)29)10-9-17(23-20)16-13-22-27-12-5-4-8-18(16)27/h4-5,8-10,12-13,15H,6-7,11,14H2,1-3H3. The van der Waals surface area contributed by atoms with Gasteiger partial charge in [0.05, 0.1) is 29.0 Å². The predicted octanol–water partition coefficient (Wildman–Crippen LogP) is 1.49. The zero-order valence-electron chi connectivity index (χ0n) is 18.2. The van der Waals surface area contributed by atoms with Gasteiger partial charge >= 0.3 is 5.69 Å². The van der Waals surface area contributed by atoms with Crippen LogP contribution in [0.15, 0.2) is 47.5 Å². The molecule has 0 aromatic carbocycles. The SMILES string of the molecule is CN(C)S(=O)(=O)N1CCCC(n2c(=O)n(C)c3ccc(-c4cnn5ccccc45)nc32)C1. The summed E-state index contributed by atoms with van der Waals surface area (Å²) in [6.45, 7) is 0.680. The highest BCUT2D eigenvalue weighted by Crippen LogP contribution is 2.29. The van der Waals surface area contributed by atoms with Crippen LogP contribution in [0.1, 0.15) is 18.9 Å². The third kappa shape index (κ3) is 3.15. The molecule has 168 valence electrons. The van der Waals surface area contributed by atoms with Gasteiger partial charge in [-0.2, -0.15) is 22.1 Å². The van der Waals surface area contributed by atoms with Gasteiger partial charge < -0.3 is 0 Å². The van der Waals surface area contributed by atoms with Crippen LogP contribution in [0.3, 0.4) is 0 Å². The fraction of sp³-hybridized carbons (Fsp3) is 0.381. The first-order chi connectivity index (χ1) is 15.3. The van der Waals surface area contributed by atoms with E-state index in [1.807, 2.05) is 36.5 Å². The van der Waals surface area contributed by atoms with E-state index in [9.17, 15) is 13.2 Å². The van der Waals surface area contributed by atoms with Gasteiger partial charge in [0, 0.05) is 46.0 Å². The van der Waals surface area contributed by atoms with Crippen LogP contribution in [0.5, 0.6) is 0 Å². The maximum Gasteiger partial charge on any atom is 0.330 e. The molecular formula is C21H25N7O3S. The average Bonchev–Trinajstić information content (AvgIpc) is 3.32. The zero-order valence-corrected chi connectivity index (χ0v) is 19.0. The van der Waals surface area contributed by atoms with E-state index in [1.54, 1.807) is 26.9 Å². The molecule has 0 aliphatic carbocycles. The van der Waals surface area contributed by atoms with Crippen LogP contribution in [0.2, 0.25) is 0 Å². The largest absolute Gasteiger partial charge is 0.330 e. The molecule has 0 amide bonds. The van der Waals surface area contributed by atoms with Crippen molar-refractivity contribution >= 4 is 26.9 Å². The maximum atomic E-state index is 13.2. The maximum absolute atomic E-state index is 13.2. The van der Waals surface area contributed by atoms with E-state index >= 15 is 0 Å². The van der Waals surface area contributed by atoms with Gasteiger partial charge in [-0.3, -0.25) is 9.13 Å². The molecule has 0 saturated carbocycles. The van der Waals surface area contributed by atoms with Crippen LogP contribution in [0, 0.1) is 0 Å². The Hall–Kier alpha value is -3.02. The molecule has 10 nitrogen and oxygen atoms in total. The smallest absolute Gasteiger partial charge is 0.293 e. The molecule has 4 aromatic heterocycles. The lowest BCUT2D eigenvalue weighted by atomic mass is 10.1. The van der Waals surface area contributed by atoms with E-state index in [1.165, 1.54) is 22.7 Å². The fourth-order valence-electron chi connectivity index (χ4n) is 4.42. The van der Waals surface area contributed by atoms with Crippen LogP contribution >= 0.6 is 0 Å². The van der Waals surface area contributed by atoms with Crippen LogP contribution in [0.4, 0.5) is 0 Å². The van der Waals surface area contributed by atoms with Crippen molar-refractivity contribution in [3.05, 3.63) is 53.2 Å². The van der Waals surface area contributed by atoms with Gasteiger partial charge in [-0.1, -0.05) is 6.07 Å². The highest BCUT2D eigenvalue weighted by molar-refractivity contribution is 7.86. The number of hydrogen-bond donors (Lipinski definition) is 0. The topological polar surface area (TPSA) is 97.7 Å². The minimum absolute atomic E-state index is 0.196. The van der Waals surface area contributed by atoms with Crippen LogP contribution in [-0.4, -0.2) is 67.9 Å². The first-order valence-electron chi connectivity index (χ1n) is 10.5. The highest BCUT2D eigenvalue weighted by Gasteiger charge is 2.33. The fourth-order valence-corrected chi connectivity index (χ4v) is 5.60. The molecule has 0 spiro atoms. The first kappa shape index (κ1) is 20.9. The predicted molar refractivity (Wildman–Crippen MR) is 122 cm³/mol. The molecule has 1 aliphatic heterocycles. The molecule has 32 heavy (non-hydrogen) atoms. The van der Waals surface area contributed by atoms with E-state index in [0.29, 0.717) is 36.2 Å². The second kappa shape index (κ2) is 7.54. The monoisotopic (exact) mass is 455 g/mol. The number of pyridine rings is 2. The van der Waals surface area contributed by atoms with Crippen LogP contribution in [-0.2, 0) is 17.3 Å². The minimum atomic E-state index is -3.56. The Morgan fingerprint density at radius 2 is 1.94 bits per heavy atom. The molecule has 0 radical (unpaired) electrons. The van der Waals surface area contributed by atoms with Crippen molar-refractivity contribution in [1.82, 2.24) is 32.3 Å². The average molecular weight is 456 g/mol. The Kier molecular flexibility index (Phi) is 4.91. The Balaban J connectivity index is 1.63. The molecule has 0 bridgehead atoms. The Bertz CT molecular complexity index is 1480. The van der Waals surface area contributed by atoms with Crippen molar-refractivity contribution in [2.75, 3.05) is 27.2 Å². The molecule has 1 aliphatic rings. The summed E-state index contributed by atoms with van der Waals surface area (Å²) in [6, 6.07) is 9.31. The van der Waals surface area contributed by atoms with Gasteiger partial charge in [0.1, 0.15) is 0 Å². The summed E-state index contributed by atoms with van der Waals surface area (Å²) in [5.74, 6) is 0. The summed E-state index contributed by atoms with van der Waals surface area (Å²) in [5.41, 5.74) is 3.58. The molecule has 5 rings (SSSR count). The van der Waals surface area contributed by atoms with E-state index in [-0.39, 0.29) is 18.3 Å². The van der Waals surface area contributed by atoms with Crippen molar-refractivity contribution in [1.29, 1.82) is 0 Å². The van der Waals surface area contributed by atoms with E-state index in [0.717, 1.165) is 11.1 Å². The molecule has 1 saturated heterocycles. The van der Waals surface area contributed by atoms with Crippen molar-refractivity contribution in [2.24, 2.45) is 7.05 Å². The van der Waals surface area contributed by atoms with Gasteiger partial charge in [-0.05, 0) is 37.1 Å². The van der Waals surface area contributed by atoms with Gasteiger partial charge in [-0.15, -0.1) is 0 Å². The first-order valence-corrected chi connectivity index (χ1v) is 11.9. The van der Waals surface area contributed by atoms with Gasteiger partial charge in [0.2, 0.25) is 0 Å². The second-order valence-electron chi connectivity index (χ2n) is 8.28. The molecular weight excluding hydrogens is 430 g/mol. The van der Waals surface area contributed by atoms with Crippen molar-refractivity contribution < 1.29 is 8.42 Å². The number of nitrogens with zero attached hydrogens (tertiary/aromatic N) is 7. The van der Waals surface area contributed by atoms with E-state index < -0.39 is 10.2 Å². The summed E-state index contributed by atoms with van der Waals surface area (Å²) in [4.78, 5) is 18.0. The molecule has 1 atom stereocenters. The third-order valence-electron chi connectivity index (χ3n) is 6.15. The Morgan fingerprint density at radius 3 is 2.72 bits per heavy atom. The lowest BCUT2D eigenvalue weighted by Gasteiger charge is -2.33. The zero-order chi connectivity index (χ0) is 22.6. The van der Waals surface area contributed by atoms with Gasteiger partial charge in [0.15, 0.2) is 5.65 Å². The summed E-state index contributed by atoms with van der Waals surface area (Å²) < 4.78 is 33.0. The quantitative estimate of drug-likeness (QED) is 0.464. The number of piperidine rings is 1. The Morgan fingerprint density at radius 1 is 1.12 bits per heavy atom. The number of hydrogen-bond acceptors (Lipinski definition) is 5. The number of rotatable bonds is 4. The lowest BCUT2D eigenvalue weighted by molar-refractivity contribution is 0.255. The molecule has 0 N–H and O–H groups in total. The summed E-state index contributed by atoms with van der Waals surface area (Å²) in [6.07, 6.45) is 5.02. The molecule has 11 heteroatoms. The lowest BCUT2D eigenvalue weighted by Crippen LogP contribution is -2.47. The molecule has 5 heterocycles. The second-order valence-corrected chi connectivity index (χ2v) is 10.4. The molecule has 1 unspecified atom stereocenters. The van der Waals surface area contributed by atoms with E-state index in [2.05, 4.69) is 5.10 Å². The molecule has 4 aromatic rings. The van der Waals surface area contributed by atoms with Crippen LogP contribution < -0.4 is 5.69 Å². The van der Waals surface area contributed by atoms with Crippen molar-refractivity contribution in [3.63, 3.8) is 0 Å². The molecule has 1 fully saturated rings. The van der Waals surface area contributed by atoms with Gasteiger partial charge in [0.25, 0.3) is 10.2 Å². The minimum Gasteiger partial charge on any atom is -0.293 e. The van der Waals surface area contributed by atoms with E-state index in [4.69, 9.17) is 4.98 Å². The summed E-state index contributed by atoms with van der Waals surface area (Å²) in [5, 5.41) is 4.39.